The summed E-state index contributed by atoms with van der Waals surface area (Å²) >= 11 is 0. The minimum atomic E-state index is 0.274. The van der Waals surface area contributed by atoms with Crippen molar-refractivity contribution in [3.8, 4) is 5.75 Å². The minimum absolute atomic E-state index is 0.274. The molecular weight excluding hydrogens is 224 g/mol. The van der Waals surface area contributed by atoms with Gasteiger partial charge in [-0.1, -0.05) is 12.1 Å². The number of nitrogens with one attached hydrogen (secondary N) is 2. The van der Waals surface area contributed by atoms with E-state index in [4.69, 9.17) is 4.74 Å². The van der Waals surface area contributed by atoms with Crippen LogP contribution >= 0.6 is 0 Å². The van der Waals surface area contributed by atoms with Gasteiger partial charge in [0.2, 0.25) is 0 Å². The van der Waals surface area contributed by atoms with Gasteiger partial charge in [0.05, 0.1) is 6.61 Å². The Morgan fingerprint density at radius 2 is 2.06 bits per heavy atom. The SMILES string of the molecule is CCOc1ccc(CNC2CNC(C)(C)C2)cc1. The first-order chi connectivity index (χ1) is 8.59. The summed E-state index contributed by atoms with van der Waals surface area (Å²) in [4.78, 5) is 0. The topological polar surface area (TPSA) is 33.3 Å². The fourth-order valence-corrected chi connectivity index (χ4v) is 2.44. The van der Waals surface area contributed by atoms with Gasteiger partial charge in [0.15, 0.2) is 0 Å². The summed E-state index contributed by atoms with van der Waals surface area (Å²) in [6.07, 6.45) is 1.18. The molecule has 1 atom stereocenters. The zero-order valence-corrected chi connectivity index (χ0v) is 11.6. The predicted octanol–water partition coefficient (Wildman–Crippen LogP) is 2.32. The van der Waals surface area contributed by atoms with Crippen LogP contribution in [0.4, 0.5) is 0 Å². The Hall–Kier alpha value is -1.06. The maximum atomic E-state index is 5.44. The Morgan fingerprint density at radius 1 is 1.33 bits per heavy atom. The second kappa shape index (κ2) is 5.72. The van der Waals surface area contributed by atoms with Crippen LogP contribution in [-0.2, 0) is 6.54 Å². The number of benzene rings is 1. The molecule has 0 aliphatic carbocycles. The highest BCUT2D eigenvalue weighted by Gasteiger charge is 2.29. The Bertz CT molecular complexity index is 373. The molecule has 0 radical (unpaired) electrons. The van der Waals surface area contributed by atoms with Crippen LogP contribution in [0.15, 0.2) is 24.3 Å². The largest absolute Gasteiger partial charge is 0.494 e. The Morgan fingerprint density at radius 3 is 2.61 bits per heavy atom. The minimum Gasteiger partial charge on any atom is -0.494 e. The van der Waals surface area contributed by atoms with Gasteiger partial charge < -0.3 is 15.4 Å². The van der Waals surface area contributed by atoms with Gasteiger partial charge in [-0.15, -0.1) is 0 Å². The summed E-state index contributed by atoms with van der Waals surface area (Å²) in [5.74, 6) is 0.949. The van der Waals surface area contributed by atoms with Crippen LogP contribution in [0.1, 0.15) is 32.8 Å². The van der Waals surface area contributed by atoms with Gasteiger partial charge in [0.1, 0.15) is 5.75 Å². The summed E-state index contributed by atoms with van der Waals surface area (Å²) in [6, 6.07) is 8.91. The number of hydrogen-bond donors (Lipinski definition) is 2. The van der Waals surface area contributed by atoms with Crippen LogP contribution in [0.3, 0.4) is 0 Å². The van der Waals surface area contributed by atoms with Crippen molar-refractivity contribution in [1.82, 2.24) is 10.6 Å². The van der Waals surface area contributed by atoms with E-state index in [9.17, 15) is 0 Å². The smallest absolute Gasteiger partial charge is 0.119 e. The van der Waals surface area contributed by atoms with Crippen LogP contribution in [0.25, 0.3) is 0 Å². The lowest BCUT2D eigenvalue weighted by Gasteiger charge is -2.17. The van der Waals surface area contributed by atoms with E-state index in [1.54, 1.807) is 0 Å². The Kier molecular flexibility index (Phi) is 4.25. The first-order valence-corrected chi connectivity index (χ1v) is 6.79. The number of hydrogen-bond acceptors (Lipinski definition) is 3. The van der Waals surface area contributed by atoms with Crippen LogP contribution in [0.5, 0.6) is 5.75 Å². The van der Waals surface area contributed by atoms with Crippen LogP contribution in [0, 0.1) is 0 Å². The van der Waals surface area contributed by atoms with Gasteiger partial charge >= 0.3 is 0 Å². The molecule has 1 aromatic rings. The zero-order valence-electron chi connectivity index (χ0n) is 11.6. The molecule has 2 rings (SSSR count). The third-order valence-corrected chi connectivity index (χ3v) is 3.41. The molecule has 1 aliphatic rings. The first-order valence-electron chi connectivity index (χ1n) is 6.79. The molecule has 1 aliphatic heterocycles. The number of rotatable bonds is 5. The fraction of sp³-hybridized carbons (Fsp3) is 0.600. The van der Waals surface area contributed by atoms with Gasteiger partial charge in [-0.3, -0.25) is 0 Å². The lowest BCUT2D eigenvalue weighted by Crippen LogP contribution is -2.31. The Labute approximate surface area is 110 Å². The number of ether oxygens (including phenoxy) is 1. The van der Waals surface area contributed by atoms with Gasteiger partial charge in [-0.25, -0.2) is 0 Å². The normalized spacial score (nSPS) is 22.1. The highest BCUT2D eigenvalue weighted by Crippen LogP contribution is 2.18. The molecule has 1 heterocycles. The third kappa shape index (κ3) is 3.72. The average molecular weight is 248 g/mol. The van der Waals surface area contributed by atoms with Gasteiger partial charge in [0, 0.05) is 24.7 Å². The van der Waals surface area contributed by atoms with Crippen molar-refractivity contribution in [1.29, 1.82) is 0 Å². The molecule has 0 aromatic heterocycles. The van der Waals surface area contributed by atoms with Crippen molar-refractivity contribution in [2.75, 3.05) is 13.2 Å². The molecule has 0 amide bonds. The molecule has 18 heavy (non-hydrogen) atoms. The van der Waals surface area contributed by atoms with E-state index in [-0.39, 0.29) is 5.54 Å². The second-order valence-electron chi connectivity index (χ2n) is 5.62. The van der Waals surface area contributed by atoms with E-state index in [0.717, 1.165) is 25.4 Å². The van der Waals surface area contributed by atoms with E-state index >= 15 is 0 Å². The molecule has 1 fully saturated rings. The lowest BCUT2D eigenvalue weighted by atomic mass is 10.0. The summed E-state index contributed by atoms with van der Waals surface area (Å²) in [5, 5.41) is 7.13. The zero-order chi connectivity index (χ0) is 13.0. The quantitative estimate of drug-likeness (QED) is 0.839. The summed E-state index contributed by atoms with van der Waals surface area (Å²) in [6.45, 7) is 9.22. The van der Waals surface area contributed by atoms with Crippen molar-refractivity contribution < 1.29 is 4.74 Å². The summed E-state index contributed by atoms with van der Waals surface area (Å²) in [5.41, 5.74) is 1.58. The second-order valence-corrected chi connectivity index (χ2v) is 5.62. The monoisotopic (exact) mass is 248 g/mol. The standard InChI is InChI=1S/C15H24N2O/c1-4-18-14-7-5-12(6-8-14)10-16-13-9-15(2,3)17-11-13/h5-8,13,16-17H,4,9-11H2,1-3H3. The van der Waals surface area contributed by atoms with Crippen LogP contribution in [0.2, 0.25) is 0 Å². The molecule has 2 N–H and O–H groups in total. The van der Waals surface area contributed by atoms with E-state index in [0.29, 0.717) is 6.04 Å². The van der Waals surface area contributed by atoms with Gasteiger partial charge in [0.25, 0.3) is 0 Å². The molecule has 0 bridgehead atoms. The highest BCUT2D eigenvalue weighted by molar-refractivity contribution is 5.27. The highest BCUT2D eigenvalue weighted by atomic mass is 16.5. The molecule has 1 aromatic carbocycles. The van der Waals surface area contributed by atoms with E-state index in [1.165, 1.54) is 12.0 Å². The van der Waals surface area contributed by atoms with Crippen LogP contribution < -0.4 is 15.4 Å². The molecule has 1 unspecified atom stereocenters. The molecule has 0 saturated carbocycles. The molecular formula is C15H24N2O. The van der Waals surface area contributed by atoms with Crippen LogP contribution in [-0.4, -0.2) is 24.7 Å². The average Bonchev–Trinajstić information content (AvgIpc) is 2.69. The fourth-order valence-electron chi connectivity index (χ4n) is 2.44. The summed E-state index contributed by atoms with van der Waals surface area (Å²) in [7, 11) is 0. The maximum absolute atomic E-state index is 5.44. The van der Waals surface area contributed by atoms with Crippen molar-refractivity contribution in [3.63, 3.8) is 0 Å². The van der Waals surface area contributed by atoms with Crippen molar-refractivity contribution in [3.05, 3.63) is 29.8 Å². The van der Waals surface area contributed by atoms with Crippen molar-refractivity contribution >= 4 is 0 Å². The first kappa shape index (κ1) is 13.4. The van der Waals surface area contributed by atoms with Crippen molar-refractivity contribution in [2.24, 2.45) is 0 Å². The van der Waals surface area contributed by atoms with Gasteiger partial charge in [-0.2, -0.15) is 0 Å². The molecule has 3 nitrogen and oxygen atoms in total. The lowest BCUT2D eigenvalue weighted by molar-refractivity contribution is 0.340. The molecule has 100 valence electrons. The summed E-state index contributed by atoms with van der Waals surface area (Å²) < 4.78 is 5.44. The maximum Gasteiger partial charge on any atom is 0.119 e. The molecule has 3 heteroatoms. The molecule has 0 spiro atoms. The van der Waals surface area contributed by atoms with E-state index in [1.807, 2.05) is 19.1 Å². The Balaban J connectivity index is 1.80. The van der Waals surface area contributed by atoms with E-state index in [2.05, 4.69) is 36.6 Å². The van der Waals surface area contributed by atoms with Crippen molar-refractivity contribution in [2.45, 2.75) is 45.3 Å². The molecule has 1 saturated heterocycles. The van der Waals surface area contributed by atoms with Gasteiger partial charge in [-0.05, 0) is 44.9 Å². The predicted molar refractivity (Wildman–Crippen MR) is 74.9 cm³/mol. The van der Waals surface area contributed by atoms with E-state index < -0.39 is 0 Å². The third-order valence-electron chi connectivity index (χ3n) is 3.41.